The van der Waals surface area contributed by atoms with E-state index in [4.69, 9.17) is 9.47 Å². The number of ether oxygens (including phenoxy) is 2. The quantitative estimate of drug-likeness (QED) is 0.323. The predicted molar refractivity (Wildman–Crippen MR) is 135 cm³/mol. The van der Waals surface area contributed by atoms with Gasteiger partial charge in [-0.15, -0.1) is 11.3 Å². The van der Waals surface area contributed by atoms with E-state index >= 15 is 0 Å². The van der Waals surface area contributed by atoms with E-state index in [0.29, 0.717) is 21.8 Å². The van der Waals surface area contributed by atoms with E-state index in [1.54, 1.807) is 10.9 Å². The summed E-state index contributed by atoms with van der Waals surface area (Å²) < 4.78 is 54.2. The first-order valence-corrected chi connectivity index (χ1v) is 12.9. The van der Waals surface area contributed by atoms with Gasteiger partial charge in [0.25, 0.3) is 0 Å². The Balaban J connectivity index is 1.44. The fraction of sp³-hybridized carbons (Fsp3) is 0.333. The third kappa shape index (κ3) is 5.34. The van der Waals surface area contributed by atoms with Gasteiger partial charge >= 0.3 is 6.18 Å². The molecule has 0 aliphatic carbocycles. The topological polar surface area (TPSA) is 79.7 Å². The summed E-state index contributed by atoms with van der Waals surface area (Å²) in [5.74, 6) is -0.877. The number of nitrogens with zero attached hydrogens (tertiary/aromatic N) is 3. The van der Waals surface area contributed by atoms with Crippen molar-refractivity contribution in [2.75, 3.05) is 20.1 Å². The molecule has 0 saturated carbocycles. The van der Waals surface area contributed by atoms with E-state index in [1.807, 2.05) is 18.2 Å². The van der Waals surface area contributed by atoms with Gasteiger partial charge in [0.05, 0.1) is 27.4 Å². The number of carbonyl (C=O) groups is 1. The number of hydrogen-bond acceptors (Lipinski definition) is 7. The largest absolute Gasteiger partial charge is 0.544 e. The normalized spacial score (nSPS) is 16.0. The van der Waals surface area contributed by atoms with Gasteiger partial charge in [0, 0.05) is 30.8 Å². The molecule has 2 aromatic heterocycles. The van der Waals surface area contributed by atoms with E-state index in [-0.39, 0.29) is 22.3 Å². The zero-order chi connectivity index (χ0) is 27.0. The first-order chi connectivity index (χ1) is 18.1. The number of carboxylic acids is 1. The molecule has 0 bridgehead atoms. The zero-order valence-electron chi connectivity index (χ0n) is 20.7. The van der Waals surface area contributed by atoms with E-state index in [9.17, 15) is 23.1 Å². The highest BCUT2D eigenvalue weighted by Gasteiger charge is 2.35. The Morgan fingerprint density at radius 1 is 1.16 bits per heavy atom. The van der Waals surface area contributed by atoms with Crippen LogP contribution in [0.3, 0.4) is 0 Å². The van der Waals surface area contributed by atoms with Gasteiger partial charge in [-0.25, -0.2) is 4.98 Å². The minimum atomic E-state index is -4.58. The van der Waals surface area contributed by atoms with E-state index in [2.05, 4.69) is 16.9 Å². The molecule has 11 heteroatoms. The lowest BCUT2D eigenvalue weighted by Crippen LogP contribution is -2.35. The average Bonchev–Trinajstić information content (AvgIpc) is 3.49. The van der Waals surface area contributed by atoms with Crippen molar-refractivity contribution >= 4 is 28.3 Å². The number of aromatic carboxylic acids is 1. The molecule has 0 radical (unpaired) electrons. The van der Waals surface area contributed by atoms with Crippen LogP contribution in [0.2, 0.25) is 0 Å². The van der Waals surface area contributed by atoms with Crippen LogP contribution < -0.4 is 14.6 Å². The monoisotopic (exact) mass is 544 g/mol. The number of rotatable bonds is 7. The highest BCUT2D eigenvalue weighted by Crippen LogP contribution is 2.39. The highest BCUT2D eigenvalue weighted by atomic mass is 32.1. The van der Waals surface area contributed by atoms with Gasteiger partial charge in [0.1, 0.15) is 35.0 Å². The zero-order valence-corrected chi connectivity index (χ0v) is 21.5. The average molecular weight is 545 g/mol. The van der Waals surface area contributed by atoms with Gasteiger partial charge in [-0.3, -0.25) is 4.57 Å². The molecule has 1 saturated heterocycles. The lowest BCUT2D eigenvalue weighted by molar-refractivity contribution is -0.254. The van der Waals surface area contributed by atoms with Crippen LogP contribution in [0.1, 0.15) is 46.7 Å². The number of piperidine rings is 1. The van der Waals surface area contributed by atoms with Gasteiger partial charge in [-0.05, 0) is 45.0 Å². The maximum Gasteiger partial charge on any atom is 0.416 e. The molecule has 0 spiro atoms. The van der Waals surface area contributed by atoms with Crippen LogP contribution in [-0.4, -0.2) is 46.7 Å². The summed E-state index contributed by atoms with van der Waals surface area (Å²) in [6.07, 6.45) is -2.14. The van der Waals surface area contributed by atoms with E-state index in [1.165, 1.54) is 31.2 Å². The fourth-order valence-corrected chi connectivity index (χ4v) is 5.52. The molecule has 200 valence electrons. The fourth-order valence-electron chi connectivity index (χ4n) is 4.61. The van der Waals surface area contributed by atoms with Crippen molar-refractivity contribution in [1.82, 2.24) is 14.5 Å². The SMILES string of the molecule is C[C@@H](Oc1cc(-n2cnc3ccc(OC4CCN(C)CC4)cc32)sc1C(=O)[O-])c1ccccc1C(F)(F)F. The lowest BCUT2D eigenvalue weighted by Gasteiger charge is -2.29. The molecule has 1 aliphatic rings. The van der Waals surface area contributed by atoms with Gasteiger partial charge in [-0.2, -0.15) is 13.2 Å². The summed E-state index contributed by atoms with van der Waals surface area (Å²) in [5, 5.41) is 12.4. The minimum Gasteiger partial charge on any atom is -0.544 e. The molecule has 2 aromatic carbocycles. The van der Waals surface area contributed by atoms with Gasteiger partial charge in [0.2, 0.25) is 0 Å². The molecular formula is C27H25F3N3O4S-. The van der Waals surface area contributed by atoms with Crippen LogP contribution >= 0.6 is 11.3 Å². The van der Waals surface area contributed by atoms with Crippen molar-refractivity contribution in [3.63, 3.8) is 0 Å². The Bertz CT molecular complexity index is 1460. The number of imidazole rings is 1. The Labute approximate surface area is 221 Å². The molecule has 1 fully saturated rings. The predicted octanol–water partition coefficient (Wildman–Crippen LogP) is 5.08. The number of thiophene rings is 1. The van der Waals surface area contributed by atoms with Crippen molar-refractivity contribution in [2.45, 2.75) is 38.1 Å². The molecule has 3 heterocycles. The molecule has 1 atom stereocenters. The van der Waals surface area contributed by atoms with Crippen LogP contribution in [0.15, 0.2) is 54.9 Å². The number of aromatic nitrogens is 2. The van der Waals surface area contributed by atoms with Crippen molar-refractivity contribution in [2.24, 2.45) is 0 Å². The van der Waals surface area contributed by atoms with Gasteiger partial charge in [0.15, 0.2) is 0 Å². The molecule has 0 unspecified atom stereocenters. The van der Waals surface area contributed by atoms with Crippen molar-refractivity contribution in [3.05, 3.63) is 70.9 Å². The Morgan fingerprint density at radius 3 is 2.61 bits per heavy atom. The first kappa shape index (κ1) is 26.1. The second-order valence-electron chi connectivity index (χ2n) is 9.30. The van der Waals surface area contributed by atoms with E-state index in [0.717, 1.165) is 43.3 Å². The molecule has 5 rings (SSSR count). The number of benzene rings is 2. The van der Waals surface area contributed by atoms with Gasteiger partial charge < -0.3 is 24.3 Å². The molecular weight excluding hydrogens is 519 g/mol. The van der Waals surface area contributed by atoms with Crippen molar-refractivity contribution in [1.29, 1.82) is 0 Å². The van der Waals surface area contributed by atoms with E-state index < -0.39 is 23.8 Å². The molecule has 1 aliphatic heterocycles. The molecule has 7 nitrogen and oxygen atoms in total. The van der Waals surface area contributed by atoms with Crippen molar-refractivity contribution < 1.29 is 32.5 Å². The Hall–Kier alpha value is -3.57. The summed E-state index contributed by atoms with van der Waals surface area (Å²) >= 11 is 0.896. The molecule has 38 heavy (non-hydrogen) atoms. The lowest BCUT2D eigenvalue weighted by atomic mass is 10.0. The van der Waals surface area contributed by atoms with Crippen LogP contribution in [0.4, 0.5) is 13.2 Å². The van der Waals surface area contributed by atoms with Crippen LogP contribution in [0.25, 0.3) is 16.0 Å². The number of halogens is 3. The van der Waals surface area contributed by atoms with Gasteiger partial charge in [-0.1, -0.05) is 18.2 Å². The summed E-state index contributed by atoms with van der Waals surface area (Å²) in [5.41, 5.74) is 0.444. The summed E-state index contributed by atoms with van der Waals surface area (Å²) in [4.78, 5) is 18.3. The number of hydrogen-bond donors (Lipinski definition) is 0. The summed E-state index contributed by atoms with van der Waals surface area (Å²) in [6.45, 7) is 3.36. The second kappa shape index (κ2) is 10.3. The number of carboxylic acid groups (broad SMARTS) is 1. The maximum atomic E-state index is 13.5. The maximum absolute atomic E-state index is 13.5. The molecule has 0 N–H and O–H groups in total. The summed E-state index contributed by atoms with van der Waals surface area (Å²) in [7, 11) is 2.08. The van der Waals surface area contributed by atoms with Crippen LogP contribution in [0.5, 0.6) is 11.5 Å². The number of alkyl halides is 3. The number of fused-ring (bicyclic) bond motifs is 1. The molecule has 4 aromatic rings. The first-order valence-electron chi connectivity index (χ1n) is 12.1. The number of carbonyl (C=O) groups excluding carboxylic acids is 1. The second-order valence-corrected chi connectivity index (χ2v) is 10.3. The highest BCUT2D eigenvalue weighted by molar-refractivity contribution is 7.16. The third-order valence-electron chi connectivity index (χ3n) is 6.60. The summed E-state index contributed by atoms with van der Waals surface area (Å²) in [6, 6.07) is 12.1. The number of likely N-dealkylation sites (tertiary alicyclic amines) is 1. The standard InChI is InChI=1S/C27H26F3N3O4S/c1-16(19-5-3-4-6-20(19)27(28,29)30)36-23-14-24(38-25(23)26(34)35)33-15-31-21-8-7-18(13-22(21)33)37-17-9-11-32(2)12-10-17/h3-8,13-17H,9-12H2,1-2H3,(H,34,35)/p-1/t16-/m1/s1. The van der Waals surface area contributed by atoms with Crippen LogP contribution in [0, 0.1) is 0 Å². The Morgan fingerprint density at radius 2 is 1.89 bits per heavy atom. The third-order valence-corrected chi connectivity index (χ3v) is 7.70. The smallest absolute Gasteiger partial charge is 0.416 e. The molecule has 0 amide bonds. The minimum absolute atomic E-state index is 0.0740. The Kier molecular flexibility index (Phi) is 7.06. The van der Waals surface area contributed by atoms with Crippen molar-refractivity contribution in [3.8, 4) is 16.5 Å². The van der Waals surface area contributed by atoms with Crippen LogP contribution in [-0.2, 0) is 6.18 Å².